The average molecular weight is 587 g/mol. The number of amides is 1. The first-order valence-corrected chi connectivity index (χ1v) is 13.6. The standard InChI is InChI=1S/C28H33F3N8O3/c1-15(2)23-22(26(42-6)33-14-32-23)24-35-27-38(21(40)9-10-39(27)36-24)12-17-7-8-18(19(11-17)41-5)25-34-20(28(29,30)31)13-37(25)16(3)4/h7-8,11,13-16,24,36H,9-10,12H2,1-6H3. The van der Waals surface area contributed by atoms with Crippen LogP contribution in [0.15, 0.2) is 35.7 Å². The summed E-state index contributed by atoms with van der Waals surface area (Å²) in [6.45, 7) is 8.20. The Labute approximate surface area is 241 Å². The first-order chi connectivity index (χ1) is 19.9. The summed E-state index contributed by atoms with van der Waals surface area (Å²) in [6, 6.07) is 4.86. The number of aromatic nitrogens is 4. The van der Waals surface area contributed by atoms with Gasteiger partial charge in [-0.25, -0.2) is 25.4 Å². The number of hydrazine groups is 1. The highest BCUT2D eigenvalue weighted by atomic mass is 19.4. The lowest BCUT2D eigenvalue weighted by atomic mass is 10.0. The predicted octanol–water partition coefficient (Wildman–Crippen LogP) is 4.69. The van der Waals surface area contributed by atoms with Gasteiger partial charge in [0.05, 0.1) is 37.6 Å². The Morgan fingerprint density at radius 2 is 1.88 bits per heavy atom. The maximum absolute atomic E-state index is 13.5. The fraction of sp³-hybridized carbons (Fsp3) is 0.464. The monoisotopic (exact) mass is 586 g/mol. The lowest BCUT2D eigenvalue weighted by Crippen LogP contribution is -2.54. The number of alkyl halides is 3. The number of carbonyl (C=O) groups is 1. The van der Waals surface area contributed by atoms with Gasteiger partial charge in [-0.3, -0.25) is 14.7 Å². The molecular formula is C28H33F3N8O3. The molecule has 1 aromatic carbocycles. The Balaban J connectivity index is 1.48. The van der Waals surface area contributed by atoms with Gasteiger partial charge in [0.1, 0.15) is 17.9 Å². The summed E-state index contributed by atoms with van der Waals surface area (Å²) in [5.41, 5.74) is 4.98. The van der Waals surface area contributed by atoms with Gasteiger partial charge in [0.15, 0.2) is 11.9 Å². The van der Waals surface area contributed by atoms with Crippen molar-refractivity contribution in [2.75, 3.05) is 20.8 Å². The largest absolute Gasteiger partial charge is 0.496 e. The zero-order valence-electron chi connectivity index (χ0n) is 24.2. The van der Waals surface area contributed by atoms with Crippen LogP contribution in [0.5, 0.6) is 11.6 Å². The highest BCUT2D eigenvalue weighted by Gasteiger charge is 2.39. The second kappa shape index (κ2) is 11.2. The predicted molar refractivity (Wildman–Crippen MR) is 147 cm³/mol. The van der Waals surface area contributed by atoms with Gasteiger partial charge in [0.2, 0.25) is 17.7 Å². The van der Waals surface area contributed by atoms with Crippen molar-refractivity contribution in [2.45, 2.75) is 65.0 Å². The maximum atomic E-state index is 13.5. The van der Waals surface area contributed by atoms with Crippen LogP contribution in [0.25, 0.3) is 11.4 Å². The molecular weight excluding hydrogens is 553 g/mol. The number of imidazole rings is 1. The number of halogens is 3. The van der Waals surface area contributed by atoms with Gasteiger partial charge in [0, 0.05) is 25.2 Å². The number of hydrogen-bond donors (Lipinski definition) is 1. The van der Waals surface area contributed by atoms with Crippen molar-refractivity contribution in [1.29, 1.82) is 0 Å². The average Bonchev–Trinajstić information content (AvgIpc) is 3.59. The van der Waals surface area contributed by atoms with E-state index in [1.165, 1.54) is 25.1 Å². The van der Waals surface area contributed by atoms with E-state index in [4.69, 9.17) is 14.5 Å². The van der Waals surface area contributed by atoms with E-state index in [1.54, 1.807) is 36.9 Å². The Morgan fingerprint density at radius 1 is 1.12 bits per heavy atom. The number of nitrogens with zero attached hydrogens (tertiary/aromatic N) is 7. The zero-order chi connectivity index (χ0) is 30.3. The van der Waals surface area contributed by atoms with Crippen LogP contribution in [0.3, 0.4) is 0 Å². The van der Waals surface area contributed by atoms with E-state index in [-0.39, 0.29) is 36.7 Å². The second-order valence-corrected chi connectivity index (χ2v) is 10.7. The van der Waals surface area contributed by atoms with Gasteiger partial charge in [-0.05, 0) is 37.5 Å². The van der Waals surface area contributed by atoms with Crippen LogP contribution in [-0.4, -0.2) is 62.1 Å². The van der Waals surface area contributed by atoms with E-state index in [1.807, 2.05) is 18.9 Å². The molecule has 42 heavy (non-hydrogen) atoms. The molecule has 2 aromatic heterocycles. The molecule has 1 atom stereocenters. The second-order valence-electron chi connectivity index (χ2n) is 10.7. The van der Waals surface area contributed by atoms with Crippen molar-refractivity contribution in [3.8, 4) is 23.0 Å². The molecule has 0 spiro atoms. The van der Waals surface area contributed by atoms with Gasteiger partial charge in [-0.2, -0.15) is 13.2 Å². The van der Waals surface area contributed by atoms with Crippen molar-refractivity contribution in [2.24, 2.45) is 4.99 Å². The molecule has 1 unspecified atom stereocenters. The summed E-state index contributed by atoms with van der Waals surface area (Å²) in [6.07, 6.45) is -2.41. The summed E-state index contributed by atoms with van der Waals surface area (Å²) in [5.74, 6) is 1.31. The smallest absolute Gasteiger partial charge is 0.434 e. The van der Waals surface area contributed by atoms with Gasteiger partial charge in [-0.15, -0.1) is 0 Å². The van der Waals surface area contributed by atoms with E-state index in [9.17, 15) is 18.0 Å². The Morgan fingerprint density at radius 3 is 2.52 bits per heavy atom. The third-order valence-corrected chi connectivity index (χ3v) is 7.17. The minimum atomic E-state index is -4.58. The lowest BCUT2D eigenvalue weighted by Gasteiger charge is -2.34. The topological polar surface area (TPSA) is 110 Å². The molecule has 3 aromatic rings. The molecule has 2 aliphatic heterocycles. The minimum Gasteiger partial charge on any atom is -0.496 e. The SMILES string of the molecule is COc1cc(CN2C(=O)CCN3NC(c4c(OC)ncnc4C(C)C)N=C32)ccc1-c1nc(C(F)(F)F)cn1C(C)C. The number of rotatable bonds is 8. The van der Waals surface area contributed by atoms with Gasteiger partial charge in [0.25, 0.3) is 0 Å². The van der Waals surface area contributed by atoms with E-state index < -0.39 is 18.0 Å². The van der Waals surface area contributed by atoms with Crippen molar-refractivity contribution >= 4 is 11.9 Å². The van der Waals surface area contributed by atoms with Crippen molar-refractivity contribution in [3.63, 3.8) is 0 Å². The van der Waals surface area contributed by atoms with Gasteiger partial charge >= 0.3 is 6.18 Å². The van der Waals surface area contributed by atoms with Crippen LogP contribution in [0.2, 0.25) is 0 Å². The number of nitrogens with one attached hydrogen (secondary N) is 1. The molecule has 0 radical (unpaired) electrons. The third kappa shape index (κ3) is 5.38. The Kier molecular flexibility index (Phi) is 7.84. The number of carbonyl (C=O) groups excluding carboxylic acids is 1. The van der Waals surface area contributed by atoms with Crippen LogP contribution in [0.1, 0.15) is 74.8 Å². The first-order valence-electron chi connectivity index (χ1n) is 13.6. The van der Waals surface area contributed by atoms with E-state index in [0.717, 1.165) is 11.9 Å². The quantitative estimate of drug-likeness (QED) is 0.405. The number of aliphatic imine (C=N–C) groups is 1. The zero-order valence-corrected chi connectivity index (χ0v) is 24.2. The van der Waals surface area contributed by atoms with E-state index in [0.29, 0.717) is 40.8 Å². The summed E-state index contributed by atoms with van der Waals surface area (Å²) < 4.78 is 53.0. The highest BCUT2D eigenvalue weighted by Crippen LogP contribution is 2.38. The number of fused-ring (bicyclic) bond motifs is 1. The number of guanidine groups is 1. The van der Waals surface area contributed by atoms with Crippen LogP contribution in [0, 0.1) is 0 Å². The number of benzene rings is 1. The molecule has 11 nitrogen and oxygen atoms in total. The summed E-state index contributed by atoms with van der Waals surface area (Å²) in [5, 5.41) is 1.83. The van der Waals surface area contributed by atoms with Crippen LogP contribution in [-0.2, 0) is 17.5 Å². The first kappa shape index (κ1) is 29.3. The Hall–Kier alpha value is -4.20. The van der Waals surface area contributed by atoms with Crippen molar-refractivity contribution < 1.29 is 27.4 Å². The number of hydrogen-bond acceptors (Lipinski definition) is 9. The molecule has 0 saturated carbocycles. The molecule has 224 valence electrons. The number of ether oxygens (including phenoxy) is 2. The summed E-state index contributed by atoms with van der Waals surface area (Å²) in [4.78, 5) is 32.2. The fourth-order valence-corrected chi connectivity index (χ4v) is 5.14. The van der Waals surface area contributed by atoms with Crippen molar-refractivity contribution in [1.82, 2.24) is 34.9 Å². The van der Waals surface area contributed by atoms with Crippen LogP contribution >= 0.6 is 0 Å². The molecule has 2 aliphatic rings. The number of methoxy groups -OCH3 is 2. The van der Waals surface area contributed by atoms with E-state index in [2.05, 4.69) is 20.4 Å². The molecule has 0 aliphatic carbocycles. The molecule has 14 heteroatoms. The molecule has 1 N–H and O–H groups in total. The minimum absolute atomic E-state index is 0.0822. The normalized spacial score (nSPS) is 17.3. The molecule has 1 fully saturated rings. The summed E-state index contributed by atoms with van der Waals surface area (Å²) in [7, 11) is 2.98. The maximum Gasteiger partial charge on any atom is 0.434 e. The molecule has 4 heterocycles. The highest BCUT2D eigenvalue weighted by molar-refractivity contribution is 5.99. The van der Waals surface area contributed by atoms with Crippen molar-refractivity contribution in [3.05, 3.63) is 53.2 Å². The molecule has 5 rings (SSSR count). The summed E-state index contributed by atoms with van der Waals surface area (Å²) >= 11 is 0. The third-order valence-electron chi connectivity index (χ3n) is 7.17. The molecule has 1 amide bonds. The van der Waals surface area contributed by atoms with Gasteiger partial charge < -0.3 is 14.0 Å². The van der Waals surface area contributed by atoms with E-state index >= 15 is 0 Å². The fourth-order valence-electron chi connectivity index (χ4n) is 5.14. The lowest BCUT2D eigenvalue weighted by molar-refractivity contribution is -0.141. The molecule has 1 saturated heterocycles. The van der Waals surface area contributed by atoms with Crippen LogP contribution < -0.4 is 14.9 Å². The molecule has 0 bridgehead atoms. The van der Waals surface area contributed by atoms with Crippen LogP contribution in [0.4, 0.5) is 13.2 Å². The Bertz CT molecular complexity index is 1520. The van der Waals surface area contributed by atoms with Gasteiger partial charge in [-0.1, -0.05) is 19.9 Å².